The van der Waals surface area contributed by atoms with Crippen LogP contribution in [0.2, 0.25) is 5.02 Å². The Morgan fingerprint density at radius 1 is 1.29 bits per heavy atom. The van der Waals surface area contributed by atoms with Crippen LogP contribution in [0.5, 0.6) is 0 Å². The first kappa shape index (κ1) is 19.6. The van der Waals surface area contributed by atoms with Gasteiger partial charge in [-0.3, -0.25) is 24.3 Å². The summed E-state index contributed by atoms with van der Waals surface area (Å²) in [6.07, 6.45) is 1.45. The standard InChI is InChI=1S/C18H19ClN6O3/c1-12-8-17(22-24(12)10-14-4-3-5-15(19)9-14)20-18(26)6-7-23-11-16(25(27)28)13(2)21-23/h3-5,8-9,11H,6-7,10H2,1-2H3,(H,20,22,26). The van der Waals surface area contributed by atoms with E-state index in [9.17, 15) is 14.9 Å². The molecule has 3 rings (SSSR count). The van der Waals surface area contributed by atoms with Gasteiger partial charge in [-0.25, -0.2) is 0 Å². The fraction of sp³-hybridized carbons (Fsp3) is 0.278. The van der Waals surface area contributed by atoms with E-state index in [1.54, 1.807) is 17.7 Å². The zero-order valence-electron chi connectivity index (χ0n) is 15.4. The van der Waals surface area contributed by atoms with E-state index >= 15 is 0 Å². The van der Waals surface area contributed by atoms with Crippen LogP contribution in [0.25, 0.3) is 0 Å². The second kappa shape index (κ2) is 8.22. The van der Waals surface area contributed by atoms with E-state index in [-0.39, 0.29) is 24.6 Å². The average molecular weight is 403 g/mol. The van der Waals surface area contributed by atoms with Crippen LogP contribution in [0.3, 0.4) is 0 Å². The van der Waals surface area contributed by atoms with Gasteiger partial charge in [0.2, 0.25) is 5.91 Å². The molecule has 28 heavy (non-hydrogen) atoms. The number of amides is 1. The molecule has 0 atom stereocenters. The predicted molar refractivity (Wildman–Crippen MR) is 104 cm³/mol. The van der Waals surface area contributed by atoms with Gasteiger partial charge >= 0.3 is 5.69 Å². The Bertz CT molecular complexity index is 1030. The summed E-state index contributed by atoms with van der Waals surface area (Å²) in [5.41, 5.74) is 2.16. The van der Waals surface area contributed by atoms with Crippen LogP contribution in [-0.2, 0) is 17.9 Å². The van der Waals surface area contributed by atoms with Crippen LogP contribution in [-0.4, -0.2) is 30.4 Å². The summed E-state index contributed by atoms with van der Waals surface area (Å²) in [7, 11) is 0. The topological polar surface area (TPSA) is 108 Å². The van der Waals surface area contributed by atoms with E-state index < -0.39 is 4.92 Å². The van der Waals surface area contributed by atoms with Gasteiger partial charge in [0.25, 0.3) is 0 Å². The van der Waals surface area contributed by atoms with Gasteiger partial charge in [0, 0.05) is 29.7 Å². The lowest BCUT2D eigenvalue weighted by Crippen LogP contribution is -2.15. The molecular formula is C18H19ClN6O3. The molecule has 0 aliphatic rings. The SMILES string of the molecule is Cc1nn(CCC(=O)Nc2cc(C)n(Cc3cccc(Cl)c3)n2)cc1[N+](=O)[O-]. The fourth-order valence-electron chi connectivity index (χ4n) is 2.76. The summed E-state index contributed by atoms with van der Waals surface area (Å²) in [6.45, 7) is 4.24. The summed E-state index contributed by atoms with van der Waals surface area (Å²) < 4.78 is 3.18. The van der Waals surface area contributed by atoms with Crippen LogP contribution in [0, 0.1) is 24.0 Å². The molecule has 1 amide bonds. The van der Waals surface area contributed by atoms with Crippen molar-refractivity contribution in [2.24, 2.45) is 0 Å². The zero-order chi connectivity index (χ0) is 20.3. The number of aromatic nitrogens is 4. The second-order valence-electron chi connectivity index (χ2n) is 6.38. The van der Waals surface area contributed by atoms with Gasteiger partial charge in [0.1, 0.15) is 11.9 Å². The quantitative estimate of drug-likeness (QED) is 0.481. The number of nitrogens with zero attached hydrogens (tertiary/aromatic N) is 5. The number of hydrogen-bond acceptors (Lipinski definition) is 5. The molecule has 2 heterocycles. The molecule has 0 spiro atoms. The molecule has 3 aromatic rings. The van der Waals surface area contributed by atoms with Crippen molar-refractivity contribution >= 4 is 29.0 Å². The minimum absolute atomic E-state index is 0.0595. The molecule has 1 aromatic carbocycles. The van der Waals surface area contributed by atoms with E-state index in [4.69, 9.17) is 11.6 Å². The highest BCUT2D eigenvalue weighted by molar-refractivity contribution is 6.30. The van der Waals surface area contributed by atoms with E-state index in [1.807, 2.05) is 31.2 Å². The third-order valence-corrected chi connectivity index (χ3v) is 4.39. The molecule has 146 valence electrons. The van der Waals surface area contributed by atoms with E-state index in [0.29, 0.717) is 23.1 Å². The summed E-state index contributed by atoms with van der Waals surface area (Å²) in [5.74, 6) is 0.204. The first-order valence-corrected chi connectivity index (χ1v) is 8.97. The number of aryl methyl sites for hydroxylation is 3. The molecule has 0 saturated heterocycles. The lowest BCUT2D eigenvalue weighted by Gasteiger charge is -2.05. The molecular weight excluding hydrogens is 384 g/mol. The van der Waals surface area contributed by atoms with Gasteiger partial charge in [-0.05, 0) is 31.5 Å². The normalized spacial score (nSPS) is 10.8. The Balaban J connectivity index is 1.58. The Morgan fingerprint density at radius 2 is 2.07 bits per heavy atom. The molecule has 0 aliphatic carbocycles. The number of nitrogens with one attached hydrogen (secondary N) is 1. The molecule has 0 radical (unpaired) electrons. The highest BCUT2D eigenvalue weighted by Gasteiger charge is 2.16. The summed E-state index contributed by atoms with van der Waals surface area (Å²) >= 11 is 6.01. The third-order valence-electron chi connectivity index (χ3n) is 4.16. The number of halogens is 1. The molecule has 2 aromatic heterocycles. The van der Waals surface area contributed by atoms with Gasteiger partial charge < -0.3 is 5.32 Å². The van der Waals surface area contributed by atoms with Crippen molar-refractivity contribution in [1.82, 2.24) is 19.6 Å². The number of rotatable bonds is 7. The molecule has 0 fully saturated rings. The first-order chi connectivity index (χ1) is 13.3. The maximum Gasteiger partial charge on any atom is 0.309 e. The van der Waals surface area contributed by atoms with E-state index in [0.717, 1.165) is 11.3 Å². The van der Waals surface area contributed by atoms with Crippen molar-refractivity contribution in [3.63, 3.8) is 0 Å². The average Bonchev–Trinajstić information content (AvgIpc) is 3.15. The van der Waals surface area contributed by atoms with Crippen molar-refractivity contribution in [3.05, 3.63) is 68.6 Å². The van der Waals surface area contributed by atoms with Crippen molar-refractivity contribution in [2.75, 3.05) is 5.32 Å². The summed E-state index contributed by atoms with van der Waals surface area (Å²) in [5, 5.41) is 22.7. The minimum atomic E-state index is -0.492. The van der Waals surface area contributed by atoms with E-state index in [2.05, 4.69) is 15.5 Å². The van der Waals surface area contributed by atoms with Gasteiger partial charge in [0.15, 0.2) is 5.82 Å². The second-order valence-corrected chi connectivity index (χ2v) is 6.81. The molecule has 0 bridgehead atoms. The molecule has 0 unspecified atom stereocenters. The monoisotopic (exact) mass is 402 g/mol. The Morgan fingerprint density at radius 3 is 2.75 bits per heavy atom. The van der Waals surface area contributed by atoms with Crippen LogP contribution in [0.15, 0.2) is 36.5 Å². The highest BCUT2D eigenvalue weighted by Crippen LogP contribution is 2.16. The van der Waals surface area contributed by atoms with E-state index in [1.165, 1.54) is 10.9 Å². The maximum absolute atomic E-state index is 12.2. The van der Waals surface area contributed by atoms with Gasteiger partial charge in [-0.1, -0.05) is 23.7 Å². The number of hydrogen-bond donors (Lipinski definition) is 1. The van der Waals surface area contributed by atoms with Gasteiger partial charge in [-0.15, -0.1) is 0 Å². The van der Waals surface area contributed by atoms with Crippen LogP contribution >= 0.6 is 11.6 Å². The van der Waals surface area contributed by atoms with Crippen molar-refractivity contribution in [2.45, 2.75) is 33.4 Å². The number of nitro groups is 1. The van der Waals surface area contributed by atoms with Crippen LogP contribution in [0.4, 0.5) is 11.5 Å². The Labute approximate surface area is 166 Å². The first-order valence-electron chi connectivity index (χ1n) is 8.59. The van der Waals surface area contributed by atoms with Crippen molar-refractivity contribution in [1.29, 1.82) is 0 Å². The maximum atomic E-state index is 12.2. The molecule has 10 heteroatoms. The fourth-order valence-corrected chi connectivity index (χ4v) is 2.98. The molecule has 1 N–H and O–H groups in total. The van der Waals surface area contributed by atoms with Gasteiger partial charge in [0.05, 0.1) is 11.5 Å². The van der Waals surface area contributed by atoms with Crippen molar-refractivity contribution < 1.29 is 9.72 Å². The number of carbonyl (C=O) groups excluding carboxylic acids is 1. The number of anilines is 1. The lowest BCUT2D eigenvalue weighted by atomic mass is 10.2. The summed E-state index contributed by atoms with van der Waals surface area (Å²) in [6, 6.07) is 9.29. The number of benzene rings is 1. The van der Waals surface area contributed by atoms with Crippen molar-refractivity contribution in [3.8, 4) is 0 Å². The zero-order valence-corrected chi connectivity index (χ0v) is 16.2. The number of carbonyl (C=O) groups is 1. The highest BCUT2D eigenvalue weighted by atomic mass is 35.5. The van der Waals surface area contributed by atoms with Gasteiger partial charge in [-0.2, -0.15) is 10.2 Å². The molecule has 0 saturated carbocycles. The summed E-state index contributed by atoms with van der Waals surface area (Å²) in [4.78, 5) is 22.5. The van der Waals surface area contributed by atoms with Crippen LogP contribution < -0.4 is 5.32 Å². The largest absolute Gasteiger partial charge is 0.309 e. The third kappa shape index (κ3) is 4.74. The molecule has 9 nitrogen and oxygen atoms in total. The lowest BCUT2D eigenvalue weighted by molar-refractivity contribution is -0.385. The minimum Gasteiger partial charge on any atom is -0.309 e. The molecule has 0 aliphatic heterocycles. The Hall–Kier alpha value is -3.20. The predicted octanol–water partition coefficient (Wildman–Crippen LogP) is 3.34. The Kier molecular flexibility index (Phi) is 5.74. The smallest absolute Gasteiger partial charge is 0.309 e. The van der Waals surface area contributed by atoms with Crippen LogP contribution in [0.1, 0.15) is 23.4 Å².